The van der Waals surface area contributed by atoms with Gasteiger partial charge < -0.3 is 4.42 Å². The summed E-state index contributed by atoms with van der Waals surface area (Å²) in [6.45, 7) is 0. The summed E-state index contributed by atoms with van der Waals surface area (Å²) in [7, 11) is -2.68. The van der Waals surface area contributed by atoms with Gasteiger partial charge in [-0.25, -0.2) is 15.0 Å². The Kier molecular flexibility index (Phi) is 7.78. The molecular weight excluding hydrogens is 675 g/mol. The highest BCUT2D eigenvalue weighted by molar-refractivity contribution is 7.19. The molecule has 0 aliphatic rings. The van der Waals surface area contributed by atoms with E-state index in [1.165, 1.54) is 26.1 Å². The third-order valence-electron chi connectivity index (χ3n) is 10.5. The Bertz CT molecular complexity index is 2830. The van der Waals surface area contributed by atoms with Crippen LogP contribution in [0.15, 0.2) is 205 Å². The summed E-state index contributed by atoms with van der Waals surface area (Å²) < 4.78 is 6.15. The Balaban J connectivity index is 1.16. The first-order valence-electron chi connectivity index (χ1n) is 18.2. The van der Waals surface area contributed by atoms with E-state index in [1.54, 1.807) is 0 Å². The van der Waals surface area contributed by atoms with Crippen LogP contribution < -0.4 is 20.7 Å². The molecule has 0 bridgehead atoms. The zero-order valence-corrected chi connectivity index (χ0v) is 30.3. The lowest BCUT2D eigenvalue weighted by Crippen LogP contribution is -2.74. The van der Waals surface area contributed by atoms with Crippen molar-refractivity contribution >= 4 is 61.5 Å². The highest BCUT2D eigenvalue weighted by Crippen LogP contribution is 2.33. The Morgan fingerprint density at radius 2 is 0.759 bits per heavy atom. The third-order valence-corrected chi connectivity index (χ3v) is 15.3. The largest absolute Gasteiger partial charge is 0.456 e. The van der Waals surface area contributed by atoms with Gasteiger partial charge in [0, 0.05) is 27.5 Å². The number of furan rings is 1. The second-order valence-corrected chi connectivity index (χ2v) is 17.4. The minimum atomic E-state index is -2.68. The summed E-state index contributed by atoms with van der Waals surface area (Å²) in [4.78, 5) is 15.4. The van der Waals surface area contributed by atoms with E-state index in [0.29, 0.717) is 17.5 Å². The van der Waals surface area contributed by atoms with Gasteiger partial charge in [-0.1, -0.05) is 170 Å². The van der Waals surface area contributed by atoms with Crippen molar-refractivity contribution in [2.75, 3.05) is 0 Å². The van der Waals surface area contributed by atoms with Gasteiger partial charge in [0.25, 0.3) is 0 Å². The van der Waals surface area contributed by atoms with Crippen LogP contribution in [0.25, 0.3) is 66.9 Å². The summed E-state index contributed by atoms with van der Waals surface area (Å²) in [6, 6.07) is 71.0. The molecule has 0 saturated carbocycles. The first kappa shape index (κ1) is 31.8. The molecule has 0 saturated heterocycles. The zero-order valence-electron chi connectivity index (χ0n) is 29.3. The van der Waals surface area contributed by atoms with Crippen molar-refractivity contribution in [3.63, 3.8) is 0 Å². The number of nitrogens with zero attached hydrogens (tertiary/aromatic N) is 3. The van der Waals surface area contributed by atoms with Crippen molar-refractivity contribution in [3.8, 4) is 34.2 Å². The van der Waals surface area contributed by atoms with E-state index in [2.05, 4.69) is 170 Å². The van der Waals surface area contributed by atoms with E-state index < -0.39 is 8.07 Å². The highest BCUT2D eigenvalue weighted by atomic mass is 28.3. The van der Waals surface area contributed by atoms with E-state index in [0.717, 1.165) is 44.0 Å². The molecule has 10 rings (SSSR count). The van der Waals surface area contributed by atoms with E-state index in [1.807, 2.05) is 30.3 Å². The molecule has 254 valence electrons. The Morgan fingerprint density at radius 3 is 1.39 bits per heavy atom. The molecule has 0 N–H and O–H groups in total. The molecule has 5 heteroatoms. The van der Waals surface area contributed by atoms with Crippen molar-refractivity contribution < 1.29 is 4.42 Å². The molecule has 2 heterocycles. The van der Waals surface area contributed by atoms with Crippen molar-refractivity contribution in [2.45, 2.75) is 0 Å². The second-order valence-electron chi connectivity index (χ2n) is 13.6. The standard InChI is InChI=1S/C49H33N3OSi/c1-4-16-39(17-5-1)54(40-18-6-2-7-19-40,41-20-8-3-9-21-41)42-29-26-35(27-30-42)47-50-48(37-25-24-34-14-10-11-15-36(34)32-37)52-49(51-47)38-28-31-46-44(33-38)43-22-12-13-23-45(43)53-46/h1-33H. The molecule has 0 atom stereocenters. The maximum absolute atomic E-state index is 6.15. The monoisotopic (exact) mass is 707 g/mol. The number of hydrogen-bond acceptors (Lipinski definition) is 4. The predicted octanol–water partition coefficient (Wildman–Crippen LogP) is 9.30. The van der Waals surface area contributed by atoms with E-state index in [-0.39, 0.29) is 0 Å². The summed E-state index contributed by atoms with van der Waals surface area (Å²) in [6.07, 6.45) is 0. The van der Waals surface area contributed by atoms with Gasteiger partial charge in [-0.3, -0.25) is 0 Å². The number of fused-ring (bicyclic) bond motifs is 4. The topological polar surface area (TPSA) is 51.8 Å². The third kappa shape index (κ3) is 5.41. The van der Waals surface area contributed by atoms with Gasteiger partial charge in [0.1, 0.15) is 11.2 Å². The first-order valence-corrected chi connectivity index (χ1v) is 20.2. The Morgan fingerprint density at radius 1 is 0.315 bits per heavy atom. The number of para-hydroxylation sites is 1. The van der Waals surface area contributed by atoms with Gasteiger partial charge in [0.05, 0.1) is 0 Å². The smallest absolute Gasteiger partial charge is 0.179 e. The minimum absolute atomic E-state index is 0.612. The maximum atomic E-state index is 6.15. The molecule has 0 aliphatic carbocycles. The predicted molar refractivity (Wildman–Crippen MR) is 225 cm³/mol. The molecule has 2 aromatic heterocycles. The zero-order chi connectivity index (χ0) is 35.9. The summed E-state index contributed by atoms with van der Waals surface area (Å²) in [5.74, 6) is 1.86. The van der Waals surface area contributed by atoms with Crippen LogP contribution >= 0.6 is 0 Å². The SMILES string of the molecule is c1ccc([Si](c2ccccc2)(c2ccccc2)c2ccc(-c3nc(-c4ccc5ccccc5c4)nc(-c4ccc5oc6ccccc6c5c4)n3)cc2)cc1. The van der Waals surface area contributed by atoms with Crippen molar-refractivity contribution in [1.82, 2.24) is 15.0 Å². The fraction of sp³-hybridized carbons (Fsp3) is 0. The van der Waals surface area contributed by atoms with Gasteiger partial charge in [0.15, 0.2) is 25.5 Å². The van der Waals surface area contributed by atoms with E-state index in [4.69, 9.17) is 19.4 Å². The maximum Gasteiger partial charge on any atom is 0.179 e. The van der Waals surface area contributed by atoms with Crippen LogP contribution in [0.4, 0.5) is 0 Å². The lowest BCUT2D eigenvalue weighted by atomic mass is 10.1. The molecule has 54 heavy (non-hydrogen) atoms. The highest BCUT2D eigenvalue weighted by Gasteiger charge is 2.41. The van der Waals surface area contributed by atoms with Gasteiger partial charge in [-0.2, -0.15) is 0 Å². The van der Waals surface area contributed by atoms with Crippen LogP contribution in [0.5, 0.6) is 0 Å². The van der Waals surface area contributed by atoms with Crippen LogP contribution in [0, 0.1) is 0 Å². The van der Waals surface area contributed by atoms with Crippen LogP contribution in [0.1, 0.15) is 0 Å². The summed E-state index contributed by atoms with van der Waals surface area (Å²) >= 11 is 0. The number of aromatic nitrogens is 3. The Hall–Kier alpha value is -6.95. The first-order chi connectivity index (χ1) is 26.7. The minimum Gasteiger partial charge on any atom is -0.456 e. The van der Waals surface area contributed by atoms with Gasteiger partial charge in [-0.05, 0) is 61.9 Å². The van der Waals surface area contributed by atoms with Gasteiger partial charge in [-0.15, -0.1) is 0 Å². The van der Waals surface area contributed by atoms with E-state index >= 15 is 0 Å². The quantitative estimate of drug-likeness (QED) is 0.122. The van der Waals surface area contributed by atoms with Crippen LogP contribution in [0.2, 0.25) is 0 Å². The van der Waals surface area contributed by atoms with Crippen LogP contribution in [-0.2, 0) is 0 Å². The molecule has 4 nitrogen and oxygen atoms in total. The number of hydrogen-bond donors (Lipinski definition) is 0. The van der Waals surface area contributed by atoms with Crippen molar-refractivity contribution in [1.29, 1.82) is 0 Å². The average Bonchev–Trinajstić information content (AvgIpc) is 3.63. The second kappa shape index (κ2) is 13.2. The number of benzene rings is 8. The van der Waals surface area contributed by atoms with E-state index in [9.17, 15) is 0 Å². The molecule has 0 aliphatic heterocycles. The fourth-order valence-electron chi connectivity index (χ4n) is 7.89. The summed E-state index contributed by atoms with van der Waals surface area (Å²) in [5, 5.41) is 9.69. The summed E-state index contributed by atoms with van der Waals surface area (Å²) in [5.41, 5.74) is 4.46. The van der Waals surface area contributed by atoms with Crippen molar-refractivity contribution in [2.24, 2.45) is 0 Å². The lowest BCUT2D eigenvalue weighted by molar-refractivity contribution is 0.669. The van der Waals surface area contributed by atoms with Crippen LogP contribution in [-0.4, -0.2) is 23.0 Å². The average molecular weight is 708 g/mol. The molecule has 10 aromatic rings. The molecule has 0 amide bonds. The van der Waals surface area contributed by atoms with Crippen molar-refractivity contribution in [3.05, 3.63) is 200 Å². The van der Waals surface area contributed by atoms with Gasteiger partial charge in [0.2, 0.25) is 0 Å². The molecule has 0 radical (unpaired) electrons. The molecular formula is C49H33N3OSi. The molecule has 0 spiro atoms. The molecule has 0 fully saturated rings. The molecule has 8 aromatic carbocycles. The van der Waals surface area contributed by atoms with Crippen LogP contribution in [0.3, 0.4) is 0 Å². The molecule has 0 unspecified atom stereocenters. The lowest BCUT2D eigenvalue weighted by Gasteiger charge is -2.34. The normalized spacial score (nSPS) is 11.7. The Labute approximate surface area is 314 Å². The number of rotatable bonds is 7. The van der Waals surface area contributed by atoms with Gasteiger partial charge >= 0.3 is 0 Å². The fourth-order valence-corrected chi connectivity index (χ4v) is 12.6.